The van der Waals surface area contributed by atoms with Gasteiger partial charge in [-0.15, -0.1) is 0 Å². The minimum atomic E-state index is -0.00120. The SMILES string of the molecule is CC1CC(C)CC(C2CC(C)CCC2O)C1. The zero-order valence-corrected chi connectivity index (χ0v) is 11.2. The number of hydrogen-bond acceptors (Lipinski definition) is 1. The van der Waals surface area contributed by atoms with E-state index in [4.69, 9.17) is 0 Å². The zero-order valence-electron chi connectivity index (χ0n) is 11.2. The Balaban J connectivity index is 1.99. The summed E-state index contributed by atoms with van der Waals surface area (Å²) in [5, 5.41) is 10.2. The van der Waals surface area contributed by atoms with Crippen LogP contribution in [-0.2, 0) is 0 Å². The van der Waals surface area contributed by atoms with E-state index in [0.717, 1.165) is 30.1 Å². The molecular formula is C15H28O. The molecule has 1 heteroatoms. The first-order chi connectivity index (χ1) is 7.56. The maximum atomic E-state index is 10.2. The Kier molecular flexibility index (Phi) is 3.94. The van der Waals surface area contributed by atoms with Crippen molar-refractivity contribution in [3.63, 3.8) is 0 Å². The summed E-state index contributed by atoms with van der Waals surface area (Å²) >= 11 is 0. The molecule has 2 aliphatic rings. The molecule has 0 heterocycles. The molecule has 0 aromatic rings. The van der Waals surface area contributed by atoms with Gasteiger partial charge in [-0.25, -0.2) is 0 Å². The van der Waals surface area contributed by atoms with Gasteiger partial charge in [0.2, 0.25) is 0 Å². The molecule has 94 valence electrons. The molecular weight excluding hydrogens is 196 g/mol. The fourth-order valence-corrected chi connectivity index (χ4v) is 4.27. The molecule has 0 radical (unpaired) electrons. The van der Waals surface area contributed by atoms with Gasteiger partial charge in [0, 0.05) is 0 Å². The number of aliphatic hydroxyl groups excluding tert-OH is 1. The molecule has 16 heavy (non-hydrogen) atoms. The van der Waals surface area contributed by atoms with Gasteiger partial charge >= 0.3 is 0 Å². The Hall–Kier alpha value is -0.0400. The van der Waals surface area contributed by atoms with E-state index >= 15 is 0 Å². The van der Waals surface area contributed by atoms with Gasteiger partial charge < -0.3 is 5.11 Å². The smallest absolute Gasteiger partial charge is 0.0571 e. The van der Waals surface area contributed by atoms with Gasteiger partial charge in [0.05, 0.1) is 6.10 Å². The van der Waals surface area contributed by atoms with Crippen LogP contribution in [0.5, 0.6) is 0 Å². The van der Waals surface area contributed by atoms with Gasteiger partial charge in [-0.3, -0.25) is 0 Å². The van der Waals surface area contributed by atoms with Crippen molar-refractivity contribution in [2.24, 2.45) is 29.6 Å². The normalized spacial score (nSPS) is 50.2. The van der Waals surface area contributed by atoms with E-state index in [-0.39, 0.29) is 6.10 Å². The molecule has 0 saturated heterocycles. The lowest BCUT2D eigenvalue weighted by molar-refractivity contribution is -0.00287. The molecule has 2 rings (SSSR count). The first-order valence-electron chi connectivity index (χ1n) is 7.24. The van der Waals surface area contributed by atoms with Crippen LogP contribution in [0.4, 0.5) is 0 Å². The molecule has 0 aromatic heterocycles. The molecule has 0 aliphatic heterocycles. The molecule has 2 fully saturated rings. The molecule has 1 N–H and O–H groups in total. The van der Waals surface area contributed by atoms with Gasteiger partial charge in [0.25, 0.3) is 0 Å². The molecule has 1 nitrogen and oxygen atoms in total. The Labute approximate surface area is 101 Å². The second-order valence-corrected chi connectivity index (χ2v) is 6.83. The van der Waals surface area contributed by atoms with E-state index in [2.05, 4.69) is 20.8 Å². The fraction of sp³-hybridized carbons (Fsp3) is 1.00. The van der Waals surface area contributed by atoms with Crippen LogP contribution in [-0.4, -0.2) is 11.2 Å². The Bertz CT molecular complexity index is 215. The van der Waals surface area contributed by atoms with Gasteiger partial charge in [0.15, 0.2) is 0 Å². The van der Waals surface area contributed by atoms with Gasteiger partial charge in [0.1, 0.15) is 0 Å². The van der Waals surface area contributed by atoms with Crippen LogP contribution in [0.1, 0.15) is 59.3 Å². The van der Waals surface area contributed by atoms with Gasteiger partial charge in [-0.05, 0) is 68.1 Å². The number of rotatable bonds is 1. The number of hydrogen-bond donors (Lipinski definition) is 1. The van der Waals surface area contributed by atoms with E-state index < -0.39 is 0 Å². The highest BCUT2D eigenvalue weighted by Crippen LogP contribution is 2.43. The molecule has 0 bridgehead atoms. The Morgan fingerprint density at radius 3 is 2.00 bits per heavy atom. The van der Waals surface area contributed by atoms with Gasteiger partial charge in [-0.1, -0.05) is 20.8 Å². The molecule has 2 aliphatic carbocycles. The van der Waals surface area contributed by atoms with Crippen LogP contribution in [0.15, 0.2) is 0 Å². The highest BCUT2D eigenvalue weighted by atomic mass is 16.3. The summed E-state index contributed by atoms with van der Waals surface area (Å²) in [5.41, 5.74) is 0. The van der Waals surface area contributed by atoms with Crippen molar-refractivity contribution >= 4 is 0 Å². The zero-order chi connectivity index (χ0) is 11.7. The van der Waals surface area contributed by atoms with E-state index in [1.165, 1.54) is 32.1 Å². The van der Waals surface area contributed by atoms with Crippen molar-refractivity contribution < 1.29 is 5.11 Å². The highest BCUT2D eigenvalue weighted by Gasteiger charge is 2.36. The van der Waals surface area contributed by atoms with Crippen LogP contribution in [0.25, 0.3) is 0 Å². The van der Waals surface area contributed by atoms with Crippen molar-refractivity contribution in [1.82, 2.24) is 0 Å². The van der Waals surface area contributed by atoms with Crippen molar-refractivity contribution in [3.05, 3.63) is 0 Å². The largest absolute Gasteiger partial charge is 0.393 e. The first-order valence-corrected chi connectivity index (χ1v) is 7.24. The van der Waals surface area contributed by atoms with Crippen molar-refractivity contribution in [3.8, 4) is 0 Å². The highest BCUT2D eigenvalue weighted by molar-refractivity contribution is 4.87. The number of aliphatic hydroxyl groups is 1. The average molecular weight is 224 g/mol. The first kappa shape index (κ1) is 12.4. The van der Waals surface area contributed by atoms with Crippen LogP contribution in [0, 0.1) is 29.6 Å². The standard InChI is InChI=1S/C15H28O/c1-10-4-5-15(16)14(9-10)13-7-11(2)6-12(3)8-13/h10-16H,4-9H2,1-3H3. The van der Waals surface area contributed by atoms with Crippen LogP contribution >= 0.6 is 0 Å². The van der Waals surface area contributed by atoms with Gasteiger partial charge in [-0.2, -0.15) is 0 Å². The lowest BCUT2D eigenvalue weighted by Crippen LogP contribution is -2.37. The van der Waals surface area contributed by atoms with Crippen LogP contribution < -0.4 is 0 Å². The third-order valence-corrected chi connectivity index (χ3v) is 4.94. The van der Waals surface area contributed by atoms with Crippen LogP contribution in [0.2, 0.25) is 0 Å². The quantitative estimate of drug-likeness (QED) is 0.717. The summed E-state index contributed by atoms with van der Waals surface area (Å²) in [4.78, 5) is 0. The minimum absolute atomic E-state index is 0.00120. The van der Waals surface area contributed by atoms with E-state index in [9.17, 15) is 5.11 Å². The summed E-state index contributed by atoms with van der Waals surface area (Å²) in [5.74, 6) is 3.99. The lowest BCUT2D eigenvalue weighted by Gasteiger charge is -2.42. The molecule has 5 atom stereocenters. The fourth-order valence-electron chi connectivity index (χ4n) is 4.27. The molecule has 0 spiro atoms. The average Bonchev–Trinajstić information content (AvgIpc) is 2.20. The Morgan fingerprint density at radius 1 is 0.750 bits per heavy atom. The monoisotopic (exact) mass is 224 g/mol. The van der Waals surface area contributed by atoms with Crippen molar-refractivity contribution in [2.45, 2.75) is 65.4 Å². The maximum absolute atomic E-state index is 10.2. The van der Waals surface area contributed by atoms with E-state index in [1.54, 1.807) is 0 Å². The third-order valence-electron chi connectivity index (χ3n) is 4.94. The summed E-state index contributed by atoms with van der Waals surface area (Å²) < 4.78 is 0. The minimum Gasteiger partial charge on any atom is -0.393 e. The molecule has 0 amide bonds. The second kappa shape index (κ2) is 5.08. The third kappa shape index (κ3) is 2.80. The maximum Gasteiger partial charge on any atom is 0.0571 e. The summed E-state index contributed by atoms with van der Waals surface area (Å²) in [6.07, 6.45) is 7.66. The summed E-state index contributed by atoms with van der Waals surface area (Å²) in [7, 11) is 0. The predicted molar refractivity (Wildman–Crippen MR) is 68.2 cm³/mol. The predicted octanol–water partition coefficient (Wildman–Crippen LogP) is 3.86. The summed E-state index contributed by atoms with van der Waals surface area (Å²) in [6, 6.07) is 0. The Morgan fingerprint density at radius 2 is 1.38 bits per heavy atom. The second-order valence-electron chi connectivity index (χ2n) is 6.83. The van der Waals surface area contributed by atoms with Crippen LogP contribution in [0.3, 0.4) is 0 Å². The lowest BCUT2D eigenvalue weighted by atomic mass is 9.65. The van der Waals surface area contributed by atoms with E-state index in [1.807, 2.05) is 0 Å². The van der Waals surface area contributed by atoms with Crippen molar-refractivity contribution in [2.75, 3.05) is 0 Å². The molecule has 0 aromatic carbocycles. The van der Waals surface area contributed by atoms with E-state index in [0.29, 0.717) is 5.92 Å². The summed E-state index contributed by atoms with van der Waals surface area (Å²) in [6.45, 7) is 7.14. The van der Waals surface area contributed by atoms with Crippen molar-refractivity contribution in [1.29, 1.82) is 0 Å². The molecule has 5 unspecified atom stereocenters. The topological polar surface area (TPSA) is 20.2 Å². The molecule has 2 saturated carbocycles.